The molecule has 2 aromatic heterocycles. The van der Waals surface area contributed by atoms with Gasteiger partial charge >= 0.3 is 0 Å². The Balaban J connectivity index is 2.01. The lowest BCUT2D eigenvalue weighted by atomic mass is 10.1. The first-order valence-electron chi connectivity index (χ1n) is 6.21. The Labute approximate surface area is 115 Å². The lowest BCUT2D eigenvalue weighted by molar-refractivity contribution is -0.131. The smallest absolute Gasteiger partial charge is 0.220 e. The van der Waals surface area contributed by atoms with Crippen LogP contribution in [0.15, 0.2) is 6.20 Å². The Hall–Kier alpha value is -1.76. The Morgan fingerprint density at radius 1 is 1.47 bits per heavy atom. The molecule has 0 aliphatic carbocycles. The molecule has 0 aromatic carbocycles. The summed E-state index contributed by atoms with van der Waals surface area (Å²) in [6, 6.07) is 0.0570. The van der Waals surface area contributed by atoms with Crippen LogP contribution >= 0.6 is 11.5 Å². The number of fused-ring (bicyclic) bond motifs is 1. The van der Waals surface area contributed by atoms with Crippen LogP contribution in [-0.2, 0) is 11.3 Å². The second-order valence-electron chi connectivity index (χ2n) is 4.69. The van der Waals surface area contributed by atoms with Crippen LogP contribution in [0.3, 0.4) is 0 Å². The molecule has 0 unspecified atom stereocenters. The fourth-order valence-corrected chi connectivity index (χ4v) is 3.18. The summed E-state index contributed by atoms with van der Waals surface area (Å²) in [5, 5.41) is 0.840. The molecule has 1 aliphatic heterocycles. The van der Waals surface area contributed by atoms with Crippen LogP contribution in [-0.4, -0.2) is 36.3 Å². The fourth-order valence-electron chi connectivity index (χ4n) is 2.51. The van der Waals surface area contributed by atoms with E-state index in [0.29, 0.717) is 6.54 Å². The summed E-state index contributed by atoms with van der Waals surface area (Å²) in [5.74, 6) is 1.73. The maximum absolute atomic E-state index is 11.6. The van der Waals surface area contributed by atoms with Crippen LogP contribution in [0.4, 0.5) is 0 Å². The van der Waals surface area contributed by atoms with Crippen LogP contribution in [0, 0.1) is 6.92 Å². The van der Waals surface area contributed by atoms with Crippen molar-refractivity contribution in [2.45, 2.75) is 33.4 Å². The van der Waals surface area contributed by atoms with E-state index in [1.165, 1.54) is 11.5 Å². The van der Waals surface area contributed by atoms with E-state index in [0.717, 1.165) is 28.9 Å². The van der Waals surface area contributed by atoms with E-state index in [-0.39, 0.29) is 11.9 Å². The number of hydrogen-bond donors (Lipinski definition) is 0. The van der Waals surface area contributed by atoms with Gasteiger partial charge in [-0.2, -0.15) is 4.37 Å². The first kappa shape index (κ1) is 12.3. The van der Waals surface area contributed by atoms with Gasteiger partial charge in [-0.25, -0.2) is 9.97 Å². The highest BCUT2D eigenvalue weighted by atomic mass is 32.1. The van der Waals surface area contributed by atoms with Crippen molar-refractivity contribution in [3.8, 4) is 10.8 Å². The molecule has 3 rings (SSSR count). The van der Waals surface area contributed by atoms with Gasteiger partial charge in [0.1, 0.15) is 5.82 Å². The molecular formula is C12H15N5OS. The van der Waals surface area contributed by atoms with Gasteiger partial charge in [0.25, 0.3) is 0 Å². The first-order chi connectivity index (χ1) is 9.08. The number of nitrogens with zero attached hydrogens (tertiary/aromatic N) is 5. The minimum absolute atomic E-state index is 0.0570. The average Bonchev–Trinajstić information content (AvgIpc) is 2.95. The summed E-state index contributed by atoms with van der Waals surface area (Å²) in [5.41, 5.74) is 1.06. The molecule has 0 N–H and O–H groups in total. The number of carbonyl (C=O) groups is 1. The molecule has 7 heteroatoms. The summed E-state index contributed by atoms with van der Waals surface area (Å²) < 4.78 is 6.34. The van der Waals surface area contributed by atoms with Crippen molar-refractivity contribution in [1.82, 2.24) is 23.8 Å². The van der Waals surface area contributed by atoms with Crippen molar-refractivity contribution in [3.63, 3.8) is 0 Å². The van der Waals surface area contributed by atoms with Crippen LogP contribution in [0.1, 0.15) is 31.4 Å². The number of aromatic nitrogens is 4. The molecule has 2 aromatic rings. The Kier molecular flexibility index (Phi) is 2.85. The van der Waals surface area contributed by atoms with Crippen LogP contribution in [0.25, 0.3) is 10.8 Å². The third-order valence-corrected chi connectivity index (χ3v) is 4.27. The molecule has 3 heterocycles. The summed E-state index contributed by atoms with van der Waals surface area (Å²) in [7, 11) is 0. The molecule has 0 fully saturated rings. The zero-order valence-electron chi connectivity index (χ0n) is 11.1. The van der Waals surface area contributed by atoms with Gasteiger partial charge in [0.2, 0.25) is 5.91 Å². The Bertz CT molecular complexity index is 632. The maximum Gasteiger partial charge on any atom is 0.220 e. The van der Waals surface area contributed by atoms with Crippen LogP contribution < -0.4 is 0 Å². The van der Waals surface area contributed by atoms with Gasteiger partial charge in [-0.05, 0) is 25.4 Å². The third-order valence-electron chi connectivity index (χ3n) is 3.47. The molecule has 1 atom stereocenters. The van der Waals surface area contributed by atoms with Crippen molar-refractivity contribution >= 4 is 17.4 Å². The molecule has 0 saturated carbocycles. The summed E-state index contributed by atoms with van der Waals surface area (Å²) in [6.45, 7) is 6.98. The molecule has 1 aliphatic rings. The van der Waals surface area contributed by atoms with E-state index >= 15 is 0 Å². The number of imidazole rings is 1. The third kappa shape index (κ3) is 1.94. The molecule has 0 radical (unpaired) electrons. The predicted octanol–water partition coefficient (Wildman–Crippen LogP) is 1.63. The number of aryl methyl sites for hydroxylation is 1. The van der Waals surface area contributed by atoms with Crippen LogP contribution in [0.2, 0.25) is 0 Å². The minimum Gasteiger partial charge on any atom is -0.333 e. The summed E-state index contributed by atoms with van der Waals surface area (Å²) in [6.07, 6.45) is 1.84. The molecule has 0 saturated heterocycles. The Morgan fingerprint density at radius 3 is 2.89 bits per heavy atom. The molecule has 0 spiro atoms. The zero-order chi connectivity index (χ0) is 13.6. The monoisotopic (exact) mass is 277 g/mol. The van der Waals surface area contributed by atoms with Gasteiger partial charge in [0, 0.05) is 20.0 Å². The molecule has 19 heavy (non-hydrogen) atoms. The van der Waals surface area contributed by atoms with E-state index in [4.69, 9.17) is 0 Å². The van der Waals surface area contributed by atoms with Crippen molar-refractivity contribution in [3.05, 3.63) is 17.7 Å². The number of hydrogen-bond acceptors (Lipinski definition) is 5. The molecule has 1 amide bonds. The normalized spacial score (nSPS) is 18.5. The van der Waals surface area contributed by atoms with Crippen molar-refractivity contribution in [2.75, 3.05) is 6.54 Å². The quantitative estimate of drug-likeness (QED) is 0.795. The molecule has 100 valence electrons. The van der Waals surface area contributed by atoms with Crippen LogP contribution in [0.5, 0.6) is 0 Å². The fraction of sp³-hybridized carbons (Fsp3) is 0.500. The lowest BCUT2D eigenvalue weighted by Crippen LogP contribution is -2.39. The second-order valence-corrected chi connectivity index (χ2v) is 5.45. The van der Waals surface area contributed by atoms with Gasteiger partial charge in [-0.3, -0.25) is 4.79 Å². The van der Waals surface area contributed by atoms with Gasteiger partial charge in [-0.1, -0.05) is 0 Å². The van der Waals surface area contributed by atoms with E-state index in [9.17, 15) is 4.79 Å². The van der Waals surface area contributed by atoms with E-state index in [1.807, 2.05) is 24.9 Å². The van der Waals surface area contributed by atoms with E-state index in [2.05, 4.69) is 18.9 Å². The zero-order valence-corrected chi connectivity index (χ0v) is 11.9. The van der Waals surface area contributed by atoms with Gasteiger partial charge < -0.3 is 9.47 Å². The van der Waals surface area contributed by atoms with Crippen molar-refractivity contribution in [1.29, 1.82) is 0 Å². The highest BCUT2D eigenvalue weighted by Gasteiger charge is 2.28. The lowest BCUT2D eigenvalue weighted by Gasteiger charge is -2.34. The number of carbonyl (C=O) groups excluding carboxylic acids is 1. The SMILES string of the molecule is CC(=O)N1CCn2c(cnc2-c2nc(C)ns2)[C@H]1C. The first-order valence-corrected chi connectivity index (χ1v) is 6.98. The molecule has 6 nitrogen and oxygen atoms in total. The van der Waals surface area contributed by atoms with E-state index < -0.39 is 0 Å². The van der Waals surface area contributed by atoms with Gasteiger partial charge in [0.05, 0.1) is 17.9 Å². The number of rotatable bonds is 1. The number of amides is 1. The summed E-state index contributed by atoms with van der Waals surface area (Å²) in [4.78, 5) is 22.3. The predicted molar refractivity (Wildman–Crippen MR) is 71.7 cm³/mol. The van der Waals surface area contributed by atoms with Gasteiger partial charge in [-0.15, -0.1) is 0 Å². The van der Waals surface area contributed by atoms with E-state index in [1.54, 1.807) is 6.92 Å². The maximum atomic E-state index is 11.6. The van der Waals surface area contributed by atoms with Crippen molar-refractivity contribution in [2.24, 2.45) is 0 Å². The largest absolute Gasteiger partial charge is 0.333 e. The highest BCUT2D eigenvalue weighted by molar-refractivity contribution is 7.09. The average molecular weight is 277 g/mol. The standard InChI is InChI=1S/C12H15N5OS/c1-7-10-6-13-11(12-14-8(2)15-19-12)17(10)5-4-16(7)9(3)18/h6-7H,4-5H2,1-3H3/t7-/m1/s1. The van der Waals surface area contributed by atoms with Crippen molar-refractivity contribution < 1.29 is 4.79 Å². The Morgan fingerprint density at radius 2 is 2.26 bits per heavy atom. The summed E-state index contributed by atoms with van der Waals surface area (Å²) >= 11 is 1.36. The molecular weight excluding hydrogens is 262 g/mol. The topological polar surface area (TPSA) is 63.9 Å². The van der Waals surface area contributed by atoms with Gasteiger partial charge in [0.15, 0.2) is 10.8 Å². The second kappa shape index (κ2) is 4.41. The minimum atomic E-state index is 0.0570. The highest BCUT2D eigenvalue weighted by Crippen LogP contribution is 2.30. The molecule has 0 bridgehead atoms.